The summed E-state index contributed by atoms with van der Waals surface area (Å²) in [5, 5.41) is 2.87. The van der Waals surface area contributed by atoms with E-state index in [-0.39, 0.29) is 17.1 Å². The largest absolute Gasteiger partial charge is 0.351 e. The van der Waals surface area contributed by atoms with Crippen LogP contribution in [0.4, 0.5) is 4.39 Å². The SMILES string of the molecule is CCC(CC)(CCl)CNC(=O)c1ccc(F)cc1. The molecule has 0 fully saturated rings. The molecule has 0 heterocycles. The molecular weight excluding hydrogens is 253 g/mol. The Morgan fingerprint density at radius 2 is 1.83 bits per heavy atom. The molecule has 1 aromatic rings. The van der Waals surface area contributed by atoms with Gasteiger partial charge in [0.25, 0.3) is 5.91 Å². The summed E-state index contributed by atoms with van der Waals surface area (Å²) >= 11 is 5.97. The van der Waals surface area contributed by atoms with Crippen LogP contribution >= 0.6 is 11.6 Å². The molecule has 1 amide bonds. The fraction of sp³-hybridized carbons (Fsp3) is 0.500. The van der Waals surface area contributed by atoms with Crippen molar-refractivity contribution in [1.29, 1.82) is 0 Å². The molecule has 0 aromatic heterocycles. The van der Waals surface area contributed by atoms with Gasteiger partial charge in [-0.3, -0.25) is 4.79 Å². The van der Waals surface area contributed by atoms with E-state index in [0.29, 0.717) is 18.0 Å². The molecule has 0 aliphatic carbocycles. The van der Waals surface area contributed by atoms with Gasteiger partial charge in [0.15, 0.2) is 0 Å². The number of benzene rings is 1. The van der Waals surface area contributed by atoms with Crippen LogP contribution in [0.2, 0.25) is 0 Å². The van der Waals surface area contributed by atoms with Crippen molar-refractivity contribution in [3.63, 3.8) is 0 Å². The van der Waals surface area contributed by atoms with Gasteiger partial charge in [0, 0.05) is 23.4 Å². The number of nitrogens with one attached hydrogen (secondary N) is 1. The lowest BCUT2D eigenvalue weighted by molar-refractivity contribution is 0.0932. The van der Waals surface area contributed by atoms with Crippen molar-refractivity contribution in [2.45, 2.75) is 26.7 Å². The lowest BCUT2D eigenvalue weighted by Gasteiger charge is -2.29. The van der Waals surface area contributed by atoms with E-state index in [4.69, 9.17) is 11.6 Å². The lowest BCUT2D eigenvalue weighted by atomic mass is 9.84. The molecule has 2 nitrogen and oxygen atoms in total. The molecule has 4 heteroatoms. The lowest BCUT2D eigenvalue weighted by Crippen LogP contribution is -2.38. The first-order valence-electron chi connectivity index (χ1n) is 6.16. The van der Waals surface area contributed by atoms with E-state index in [0.717, 1.165) is 12.8 Å². The van der Waals surface area contributed by atoms with Crippen LogP contribution in [0.5, 0.6) is 0 Å². The Labute approximate surface area is 113 Å². The third-order valence-corrected chi connectivity index (χ3v) is 4.08. The fourth-order valence-corrected chi connectivity index (χ4v) is 2.18. The summed E-state index contributed by atoms with van der Waals surface area (Å²) in [5.41, 5.74) is 0.407. The van der Waals surface area contributed by atoms with Gasteiger partial charge in [0.05, 0.1) is 0 Å². The number of amides is 1. The summed E-state index contributed by atoms with van der Waals surface area (Å²) in [6.45, 7) is 4.67. The van der Waals surface area contributed by atoms with Crippen molar-refractivity contribution in [2.75, 3.05) is 12.4 Å². The van der Waals surface area contributed by atoms with Crippen LogP contribution in [0.3, 0.4) is 0 Å². The molecule has 0 atom stereocenters. The van der Waals surface area contributed by atoms with Crippen molar-refractivity contribution in [3.8, 4) is 0 Å². The number of carbonyl (C=O) groups is 1. The van der Waals surface area contributed by atoms with E-state index in [1.807, 2.05) is 0 Å². The van der Waals surface area contributed by atoms with E-state index < -0.39 is 0 Å². The number of carbonyl (C=O) groups excluding carboxylic acids is 1. The fourth-order valence-electron chi connectivity index (χ4n) is 1.71. The molecule has 0 spiro atoms. The van der Waals surface area contributed by atoms with Gasteiger partial charge in [-0.05, 0) is 37.1 Å². The number of alkyl halides is 1. The van der Waals surface area contributed by atoms with Gasteiger partial charge >= 0.3 is 0 Å². The quantitative estimate of drug-likeness (QED) is 0.787. The molecule has 0 radical (unpaired) electrons. The van der Waals surface area contributed by atoms with Gasteiger partial charge in [0.1, 0.15) is 5.82 Å². The Morgan fingerprint density at radius 3 is 2.28 bits per heavy atom. The second kappa shape index (κ2) is 6.74. The molecule has 1 aromatic carbocycles. The Kier molecular flexibility index (Phi) is 5.60. The van der Waals surface area contributed by atoms with Crippen molar-refractivity contribution in [3.05, 3.63) is 35.6 Å². The Morgan fingerprint density at radius 1 is 1.28 bits per heavy atom. The second-order valence-electron chi connectivity index (χ2n) is 4.53. The number of hydrogen-bond donors (Lipinski definition) is 1. The highest BCUT2D eigenvalue weighted by atomic mass is 35.5. The van der Waals surface area contributed by atoms with Crippen LogP contribution in [0.25, 0.3) is 0 Å². The maximum Gasteiger partial charge on any atom is 0.251 e. The van der Waals surface area contributed by atoms with Gasteiger partial charge in [-0.1, -0.05) is 13.8 Å². The molecule has 0 aliphatic rings. The van der Waals surface area contributed by atoms with Crippen molar-refractivity contribution in [1.82, 2.24) is 5.32 Å². The monoisotopic (exact) mass is 271 g/mol. The van der Waals surface area contributed by atoms with Gasteiger partial charge in [-0.15, -0.1) is 11.6 Å². The van der Waals surface area contributed by atoms with E-state index >= 15 is 0 Å². The van der Waals surface area contributed by atoms with Crippen LogP contribution < -0.4 is 5.32 Å². The number of halogens is 2. The topological polar surface area (TPSA) is 29.1 Å². The highest BCUT2D eigenvalue weighted by Crippen LogP contribution is 2.26. The van der Waals surface area contributed by atoms with Crippen molar-refractivity contribution >= 4 is 17.5 Å². The van der Waals surface area contributed by atoms with E-state index in [1.165, 1.54) is 24.3 Å². The van der Waals surface area contributed by atoms with Crippen LogP contribution in [-0.2, 0) is 0 Å². The van der Waals surface area contributed by atoms with Gasteiger partial charge in [-0.2, -0.15) is 0 Å². The minimum absolute atomic E-state index is 0.0583. The van der Waals surface area contributed by atoms with Crippen LogP contribution in [0, 0.1) is 11.2 Å². The third kappa shape index (κ3) is 3.70. The number of hydrogen-bond acceptors (Lipinski definition) is 1. The Balaban J connectivity index is 2.63. The summed E-state index contributed by atoms with van der Waals surface area (Å²) in [6, 6.07) is 5.52. The molecule has 0 aliphatic heterocycles. The number of rotatable bonds is 6. The Bertz CT molecular complexity index is 379. The molecule has 18 heavy (non-hydrogen) atoms. The van der Waals surface area contributed by atoms with Crippen molar-refractivity contribution < 1.29 is 9.18 Å². The third-order valence-electron chi connectivity index (χ3n) is 3.51. The molecule has 0 saturated heterocycles. The first-order chi connectivity index (χ1) is 8.56. The highest BCUT2D eigenvalue weighted by molar-refractivity contribution is 6.18. The summed E-state index contributed by atoms with van der Waals surface area (Å²) in [5.74, 6) is -0.0147. The van der Waals surface area contributed by atoms with E-state index in [2.05, 4.69) is 19.2 Å². The molecule has 100 valence electrons. The van der Waals surface area contributed by atoms with Gasteiger partial charge in [0.2, 0.25) is 0 Å². The minimum Gasteiger partial charge on any atom is -0.351 e. The molecule has 1 rings (SSSR count). The normalized spacial score (nSPS) is 11.3. The van der Waals surface area contributed by atoms with E-state index in [1.54, 1.807) is 0 Å². The minimum atomic E-state index is -0.344. The van der Waals surface area contributed by atoms with Crippen molar-refractivity contribution in [2.24, 2.45) is 5.41 Å². The second-order valence-corrected chi connectivity index (χ2v) is 4.80. The predicted octanol–water partition coefficient (Wildman–Crippen LogP) is 3.60. The molecule has 0 saturated carbocycles. The first-order valence-corrected chi connectivity index (χ1v) is 6.70. The highest BCUT2D eigenvalue weighted by Gasteiger charge is 2.25. The predicted molar refractivity (Wildman–Crippen MR) is 72.5 cm³/mol. The summed E-state index contributed by atoms with van der Waals surface area (Å²) in [6.07, 6.45) is 1.83. The summed E-state index contributed by atoms with van der Waals surface area (Å²) in [4.78, 5) is 11.9. The molecule has 0 unspecified atom stereocenters. The standard InChI is InChI=1S/C14H19ClFNO/c1-3-14(4-2,9-15)10-17-13(18)11-5-7-12(16)8-6-11/h5-8H,3-4,9-10H2,1-2H3,(H,17,18). The maximum atomic E-state index is 12.7. The first kappa shape index (κ1) is 15.0. The zero-order valence-electron chi connectivity index (χ0n) is 10.8. The van der Waals surface area contributed by atoms with Crippen LogP contribution in [0.1, 0.15) is 37.0 Å². The van der Waals surface area contributed by atoms with Crippen LogP contribution in [0.15, 0.2) is 24.3 Å². The van der Waals surface area contributed by atoms with Crippen LogP contribution in [-0.4, -0.2) is 18.3 Å². The molecule has 1 N–H and O–H groups in total. The van der Waals surface area contributed by atoms with Gasteiger partial charge in [-0.25, -0.2) is 4.39 Å². The van der Waals surface area contributed by atoms with E-state index in [9.17, 15) is 9.18 Å². The average Bonchev–Trinajstić information content (AvgIpc) is 2.41. The summed E-state index contributed by atoms with van der Waals surface area (Å²) in [7, 11) is 0. The average molecular weight is 272 g/mol. The Hall–Kier alpha value is -1.09. The van der Waals surface area contributed by atoms with Gasteiger partial charge < -0.3 is 5.32 Å². The summed E-state index contributed by atoms with van der Waals surface area (Å²) < 4.78 is 12.7. The molecular formula is C14H19ClFNO. The molecule has 0 bridgehead atoms. The smallest absolute Gasteiger partial charge is 0.251 e. The zero-order chi connectivity index (χ0) is 13.6. The zero-order valence-corrected chi connectivity index (χ0v) is 11.6. The maximum absolute atomic E-state index is 12.7.